The molecule has 4 atom stereocenters. The van der Waals surface area contributed by atoms with Gasteiger partial charge in [-0.15, -0.1) is 90.7 Å². The summed E-state index contributed by atoms with van der Waals surface area (Å²) in [6, 6.07) is 35.4. The fourth-order valence-corrected chi connectivity index (χ4v) is 47.9. The van der Waals surface area contributed by atoms with Gasteiger partial charge in [0, 0.05) is 100 Å². The van der Waals surface area contributed by atoms with Gasteiger partial charge in [-0.05, 0) is 192 Å². The molecular formula is C102H136Cl2N4S10Si2. The Kier molecular flexibility index (Phi) is 34.5. The molecule has 120 heavy (non-hydrogen) atoms. The zero-order chi connectivity index (χ0) is 83.9. The summed E-state index contributed by atoms with van der Waals surface area (Å²) in [7, 11) is -4.52. The molecule has 0 fully saturated rings. The molecule has 2 aliphatic heterocycles. The lowest BCUT2D eigenvalue weighted by molar-refractivity contribution is 0.469. The molecule has 4 unspecified atom stereocenters. The Labute approximate surface area is 775 Å². The number of aromatic nitrogens is 4. The minimum Gasteiger partial charge on any atom is -0.172 e. The average Bonchev–Trinajstić information content (AvgIpc) is 1.59. The van der Waals surface area contributed by atoms with Crippen LogP contribution in [0.15, 0.2) is 72.8 Å². The molecule has 0 spiro atoms. The smallest absolute Gasteiger partial charge is 0.122 e. The van der Waals surface area contributed by atoms with Crippen LogP contribution in [0.25, 0.3) is 113 Å². The Morgan fingerprint density at radius 2 is 0.633 bits per heavy atom. The third-order valence-corrected chi connectivity index (χ3v) is 50.7. The lowest BCUT2D eigenvalue weighted by Crippen LogP contribution is -2.56. The van der Waals surface area contributed by atoms with E-state index >= 15 is 0 Å². The second-order valence-electron chi connectivity index (χ2n) is 36.1. The minimum atomic E-state index is -2.43. The van der Waals surface area contributed by atoms with Crippen LogP contribution in [0.5, 0.6) is 0 Å². The molecule has 0 bridgehead atoms. The van der Waals surface area contributed by atoms with Crippen LogP contribution >= 0.6 is 137 Å². The number of unbranched alkanes of at least 4 members (excludes halogenated alkanes) is 22. The number of hydrogen-bond donors (Lipinski definition) is 0. The maximum absolute atomic E-state index is 7.83. The van der Waals surface area contributed by atoms with Crippen molar-refractivity contribution in [3.63, 3.8) is 0 Å². The van der Waals surface area contributed by atoms with E-state index < -0.39 is 16.1 Å². The first-order valence-corrected chi connectivity index (χ1v) is 61.1. The van der Waals surface area contributed by atoms with Crippen LogP contribution in [0.1, 0.15) is 321 Å². The van der Waals surface area contributed by atoms with Crippen LogP contribution in [-0.2, 0) is 12.8 Å². The van der Waals surface area contributed by atoms with E-state index in [0.717, 1.165) is 79.0 Å². The maximum atomic E-state index is 7.83. The largest absolute Gasteiger partial charge is 0.172 e. The number of fused-ring (bicyclic) bond motifs is 8. The molecule has 0 saturated heterocycles. The van der Waals surface area contributed by atoms with Crippen molar-refractivity contribution in [3.05, 3.63) is 104 Å². The quantitative estimate of drug-likeness (QED) is 0.0282. The predicted octanol–water partition coefficient (Wildman–Crippen LogP) is 36.7. The molecule has 0 saturated carbocycles. The van der Waals surface area contributed by atoms with Gasteiger partial charge in [-0.2, -0.15) is 17.5 Å². The molecule has 0 amide bonds. The van der Waals surface area contributed by atoms with Crippen LogP contribution in [0.3, 0.4) is 0 Å². The molecule has 0 radical (unpaired) electrons. The predicted molar refractivity (Wildman–Crippen MR) is 553 cm³/mol. The van der Waals surface area contributed by atoms with Gasteiger partial charge in [0.25, 0.3) is 0 Å². The van der Waals surface area contributed by atoms with Gasteiger partial charge in [-0.1, -0.05) is 311 Å². The number of hydrogen-bond acceptors (Lipinski definition) is 14. The Morgan fingerprint density at radius 1 is 0.292 bits per heavy atom. The normalized spacial score (nSPS) is 16.1. The van der Waals surface area contributed by atoms with Crippen LogP contribution in [0.2, 0.25) is 34.2 Å². The molecule has 14 rings (SSSR count). The molecular weight excluding hydrogens is 1730 g/mol. The van der Waals surface area contributed by atoms with E-state index in [2.05, 4.69) is 201 Å². The summed E-state index contributed by atoms with van der Waals surface area (Å²) in [5.41, 5.74) is 11.1. The first-order chi connectivity index (χ1) is 58.7. The topological polar surface area (TPSA) is 51.6 Å². The number of nitrogens with zero attached hydrogens (tertiary/aromatic N) is 4. The summed E-state index contributed by atoms with van der Waals surface area (Å²) in [4.78, 5) is 22.5. The van der Waals surface area contributed by atoms with Gasteiger partial charge in [0.05, 0.1) is 33.5 Å². The van der Waals surface area contributed by atoms with Crippen molar-refractivity contribution in [2.45, 2.75) is 351 Å². The minimum absolute atomic E-state index is 0.685. The Hall–Kier alpha value is -3.31. The van der Waals surface area contributed by atoms with Gasteiger partial charge in [0.15, 0.2) is 0 Å². The summed E-state index contributed by atoms with van der Waals surface area (Å²) in [6.07, 6.45) is 49.7. The Morgan fingerprint density at radius 3 is 1.08 bits per heavy atom. The van der Waals surface area contributed by atoms with Crippen molar-refractivity contribution in [2.75, 3.05) is 0 Å². The number of thiophene rings is 8. The number of halogens is 2. The van der Waals surface area contributed by atoms with Gasteiger partial charge in [0.2, 0.25) is 0 Å². The van der Waals surface area contributed by atoms with Crippen molar-refractivity contribution < 1.29 is 0 Å². The van der Waals surface area contributed by atoms with E-state index in [0.29, 0.717) is 11.8 Å². The first kappa shape index (κ1) is 92.9. The van der Waals surface area contributed by atoms with Crippen molar-refractivity contribution in [3.8, 4) is 90.5 Å². The molecule has 0 N–H and O–H groups in total. The fraction of sp³-hybridized carbons (Fsp3) is 0.569. The summed E-state index contributed by atoms with van der Waals surface area (Å²) < 4.78 is 20.7. The van der Waals surface area contributed by atoms with E-state index in [9.17, 15) is 0 Å². The monoisotopic (exact) mass is 1860 g/mol. The summed E-state index contributed by atoms with van der Waals surface area (Å²) >= 11 is 34.4. The highest BCUT2D eigenvalue weighted by Crippen LogP contribution is 2.56. The molecule has 10 aromatic heterocycles. The standard InChI is InChI=1S/C102H136Cl2N4S10Si2/c1-13-23-29-31-33-35-37-39-41-43-49-73-56-83(110-68(73)12)76-59-78(104)93(97-95(76)106-118-108-97)86-57-74(50-44-42-40-38-36-34-32-30-24-14-2)98(115-86)87-62-91-102(116-87)101-90(120(91,65-71(21-9)47-27-17-5)66-72(22-10)48-28-18-6)60-84(114-101)80-52-51-79(111-80)75-58-77(103)92(96-94(75)105-117-107-96)82-54-53-81(112-82)85-61-89-100(113-85)99-88(55-67(11)109-99)119(89,63-69(19-7)45-25-15-3)64-70(20-8)46-26-16-4/h51-62,69-72H,13-50,63-66H2,1-12H3. The van der Waals surface area contributed by atoms with Crippen LogP contribution < -0.4 is 20.7 Å². The number of rotatable bonds is 53. The SMILES string of the molecule is CCCCCCCCCCCCc1cc(-c2cc(Cl)c(-c3cc(CCCCCCCCCCCC)c(-c4cc5c(s4)-c4sc(-c6ccc(-c7cc(Cl)c(-c8ccc(-c9cc%10c(s9)-c9sc(C)cc9[Si]%10(CC(CC)CCCC)CC(CC)CCCC)s8)c8nsnc78)s6)cc4[Si]5(CC(CC)CCCC)CC(CC)CCCC)s3)c3nsnc23)sc1C. The van der Waals surface area contributed by atoms with E-state index in [1.54, 1.807) is 40.3 Å². The highest BCUT2D eigenvalue weighted by atomic mass is 35.5. The molecule has 2 aromatic carbocycles. The third kappa shape index (κ3) is 20.8. The summed E-state index contributed by atoms with van der Waals surface area (Å²) in [5, 5.41) is 8.56. The average molecular weight is 1870 g/mol. The lowest BCUT2D eigenvalue weighted by Gasteiger charge is -2.35. The zero-order valence-corrected chi connectivity index (χ0v) is 86.2. The van der Waals surface area contributed by atoms with E-state index in [-0.39, 0.29) is 0 Å². The maximum Gasteiger partial charge on any atom is 0.122 e. The second kappa shape index (κ2) is 44.6. The molecule has 2 aliphatic rings. The molecule has 12 heterocycles. The van der Waals surface area contributed by atoms with E-state index in [4.69, 9.17) is 40.7 Å². The van der Waals surface area contributed by atoms with Crippen molar-refractivity contribution >= 4 is 196 Å². The molecule has 0 aliphatic carbocycles. The highest BCUT2D eigenvalue weighted by Gasteiger charge is 2.52. The molecule has 646 valence electrons. The van der Waals surface area contributed by atoms with Crippen molar-refractivity contribution in [1.29, 1.82) is 0 Å². The number of benzene rings is 2. The lowest BCUT2D eigenvalue weighted by atomic mass is 10.0. The van der Waals surface area contributed by atoms with Crippen LogP contribution in [-0.4, -0.2) is 33.6 Å². The van der Waals surface area contributed by atoms with Crippen molar-refractivity contribution in [2.24, 2.45) is 23.7 Å². The zero-order valence-electron chi connectivity index (χ0n) is 74.6. The third-order valence-electron chi connectivity index (χ3n) is 27.6. The Balaban J connectivity index is 0.799. The summed E-state index contributed by atoms with van der Waals surface area (Å²) in [6.45, 7) is 28.9. The fourth-order valence-electron chi connectivity index (χ4n) is 20.6. The molecule has 12 aromatic rings. The van der Waals surface area contributed by atoms with Crippen LogP contribution in [0, 0.1) is 37.5 Å². The Bertz CT molecular complexity index is 5220. The van der Waals surface area contributed by atoms with Gasteiger partial charge in [-0.3, -0.25) is 0 Å². The second-order valence-corrected chi connectivity index (χ2v) is 55.0. The van der Waals surface area contributed by atoms with Crippen molar-refractivity contribution in [1.82, 2.24) is 17.5 Å². The van der Waals surface area contributed by atoms with E-state index in [1.807, 2.05) is 45.3 Å². The summed E-state index contributed by atoms with van der Waals surface area (Å²) in [5.74, 6) is 2.91. The van der Waals surface area contributed by atoms with Gasteiger partial charge >= 0.3 is 0 Å². The molecule has 18 heteroatoms. The van der Waals surface area contributed by atoms with Gasteiger partial charge in [0.1, 0.15) is 38.2 Å². The van der Waals surface area contributed by atoms with Gasteiger partial charge < -0.3 is 0 Å². The van der Waals surface area contributed by atoms with E-state index in [1.165, 1.54) is 348 Å². The van der Waals surface area contributed by atoms with Crippen LogP contribution in [0.4, 0.5) is 0 Å². The first-order valence-electron chi connectivity index (χ1n) is 47.6. The highest BCUT2D eigenvalue weighted by molar-refractivity contribution is 7.35. The van der Waals surface area contributed by atoms with Gasteiger partial charge in [-0.25, -0.2) is 0 Å². The molecule has 4 nitrogen and oxygen atoms in total. The number of aryl methyl sites for hydroxylation is 4.